The summed E-state index contributed by atoms with van der Waals surface area (Å²) in [6.45, 7) is 7.34. The second kappa shape index (κ2) is 3.56. The molecule has 0 aromatic heterocycles. The molecule has 2 unspecified atom stereocenters. The van der Waals surface area contributed by atoms with Gasteiger partial charge in [-0.2, -0.15) is 0 Å². The first-order valence-corrected chi connectivity index (χ1v) is 4.58. The molecule has 0 amide bonds. The molecule has 12 heavy (non-hydrogen) atoms. The van der Waals surface area contributed by atoms with Crippen molar-refractivity contribution in [1.82, 2.24) is 5.32 Å². The van der Waals surface area contributed by atoms with E-state index in [2.05, 4.69) is 5.32 Å². The van der Waals surface area contributed by atoms with Crippen LogP contribution in [-0.4, -0.2) is 18.8 Å². The number of hydrogen-bond donors (Lipinski definition) is 1. The first kappa shape index (κ1) is 9.72. The van der Waals surface area contributed by atoms with Gasteiger partial charge >= 0.3 is 0 Å². The van der Waals surface area contributed by atoms with Crippen molar-refractivity contribution in [3.05, 3.63) is 11.6 Å². The second-order valence-corrected chi connectivity index (χ2v) is 4.06. The van der Waals surface area contributed by atoms with E-state index in [-0.39, 0.29) is 5.92 Å². The van der Waals surface area contributed by atoms with Gasteiger partial charge in [-0.15, -0.1) is 0 Å². The molecule has 0 radical (unpaired) electrons. The van der Waals surface area contributed by atoms with E-state index in [4.69, 9.17) is 0 Å². The molecule has 0 aliphatic carbocycles. The normalized spacial score (nSPS) is 28.2. The van der Waals surface area contributed by atoms with Gasteiger partial charge in [-0.05, 0) is 39.8 Å². The van der Waals surface area contributed by atoms with E-state index in [0.29, 0.717) is 0 Å². The first-order valence-electron chi connectivity index (χ1n) is 4.58. The van der Waals surface area contributed by atoms with E-state index < -0.39 is 5.67 Å². The summed E-state index contributed by atoms with van der Waals surface area (Å²) in [4.78, 5) is 0. The van der Waals surface area contributed by atoms with E-state index >= 15 is 0 Å². The van der Waals surface area contributed by atoms with Gasteiger partial charge in [0.05, 0.1) is 0 Å². The lowest BCUT2D eigenvalue weighted by atomic mass is 9.89. The largest absolute Gasteiger partial charge is 0.316 e. The van der Waals surface area contributed by atoms with Crippen LogP contribution in [0.25, 0.3) is 0 Å². The molecule has 0 aromatic carbocycles. The minimum Gasteiger partial charge on any atom is -0.316 e. The Hall–Kier alpha value is -0.370. The molecular formula is C10H18FN. The van der Waals surface area contributed by atoms with Crippen molar-refractivity contribution in [2.45, 2.75) is 32.9 Å². The summed E-state index contributed by atoms with van der Waals surface area (Å²) in [5.74, 6) is 0.160. The molecule has 1 saturated heterocycles. The third kappa shape index (κ3) is 2.31. The molecular weight excluding hydrogens is 153 g/mol. The molecule has 1 aliphatic rings. The first-order chi connectivity index (χ1) is 5.52. The maximum atomic E-state index is 13.9. The zero-order chi connectivity index (χ0) is 9.19. The second-order valence-electron chi connectivity index (χ2n) is 4.06. The van der Waals surface area contributed by atoms with Crippen LogP contribution in [-0.2, 0) is 0 Å². The van der Waals surface area contributed by atoms with Gasteiger partial charge in [-0.1, -0.05) is 5.57 Å². The summed E-state index contributed by atoms with van der Waals surface area (Å²) in [6, 6.07) is 0. The lowest BCUT2D eigenvalue weighted by molar-refractivity contribution is 0.170. The Morgan fingerprint density at radius 2 is 2.25 bits per heavy atom. The van der Waals surface area contributed by atoms with Crippen LogP contribution in [0.1, 0.15) is 27.2 Å². The minimum atomic E-state index is -1.12. The molecule has 1 fully saturated rings. The summed E-state index contributed by atoms with van der Waals surface area (Å²) in [5, 5.41) is 3.18. The number of halogens is 1. The summed E-state index contributed by atoms with van der Waals surface area (Å²) >= 11 is 0. The fraction of sp³-hybridized carbons (Fsp3) is 0.800. The quantitative estimate of drug-likeness (QED) is 0.628. The number of nitrogens with one attached hydrogen (secondary N) is 1. The van der Waals surface area contributed by atoms with Crippen LogP contribution in [0.2, 0.25) is 0 Å². The highest BCUT2D eigenvalue weighted by Gasteiger charge is 2.33. The average Bonchev–Trinajstić information content (AvgIpc) is 2.32. The highest BCUT2D eigenvalue weighted by Crippen LogP contribution is 2.29. The topological polar surface area (TPSA) is 12.0 Å². The van der Waals surface area contributed by atoms with E-state index in [1.165, 1.54) is 0 Å². The zero-order valence-corrected chi connectivity index (χ0v) is 8.15. The molecule has 0 spiro atoms. The molecule has 1 heterocycles. The molecule has 1 nitrogen and oxygen atoms in total. The molecule has 1 N–H and O–H groups in total. The fourth-order valence-electron chi connectivity index (χ4n) is 1.82. The lowest BCUT2D eigenvalue weighted by Gasteiger charge is -2.23. The predicted octanol–water partition coefficient (Wildman–Crippen LogP) is 2.29. The molecule has 1 aliphatic heterocycles. The van der Waals surface area contributed by atoms with E-state index in [0.717, 1.165) is 25.1 Å². The standard InChI is InChI=1S/C10H18FN/c1-8(2)6-10(3,11)9-4-5-12-7-9/h6,9,12H,4-5,7H2,1-3H3. The molecule has 70 valence electrons. The van der Waals surface area contributed by atoms with Gasteiger partial charge in [0.15, 0.2) is 0 Å². The van der Waals surface area contributed by atoms with Crippen LogP contribution in [0.4, 0.5) is 4.39 Å². The van der Waals surface area contributed by atoms with E-state index in [9.17, 15) is 4.39 Å². The third-order valence-corrected chi connectivity index (χ3v) is 2.43. The van der Waals surface area contributed by atoms with E-state index in [1.807, 2.05) is 13.8 Å². The summed E-state index contributed by atoms with van der Waals surface area (Å²) in [7, 11) is 0. The molecule has 0 bridgehead atoms. The van der Waals surface area contributed by atoms with Crippen LogP contribution in [0.15, 0.2) is 11.6 Å². The SMILES string of the molecule is CC(C)=CC(C)(F)C1CCNC1. The number of allylic oxidation sites excluding steroid dienone is 2. The predicted molar refractivity (Wildman–Crippen MR) is 49.9 cm³/mol. The Bertz CT molecular complexity index is 174. The van der Waals surface area contributed by atoms with Gasteiger partial charge in [0, 0.05) is 12.5 Å². The average molecular weight is 171 g/mol. The van der Waals surface area contributed by atoms with Crippen LogP contribution in [0, 0.1) is 5.92 Å². The fourth-order valence-corrected chi connectivity index (χ4v) is 1.82. The van der Waals surface area contributed by atoms with E-state index in [1.54, 1.807) is 13.0 Å². The van der Waals surface area contributed by atoms with Crippen LogP contribution < -0.4 is 5.32 Å². The van der Waals surface area contributed by atoms with Crippen molar-refractivity contribution in [2.75, 3.05) is 13.1 Å². The number of rotatable bonds is 2. The van der Waals surface area contributed by atoms with Gasteiger partial charge in [0.25, 0.3) is 0 Å². The minimum absolute atomic E-state index is 0.160. The van der Waals surface area contributed by atoms with Crippen LogP contribution in [0.5, 0.6) is 0 Å². The molecule has 1 rings (SSSR count). The number of alkyl halides is 1. The highest BCUT2D eigenvalue weighted by atomic mass is 19.1. The Balaban J connectivity index is 2.63. The van der Waals surface area contributed by atoms with Gasteiger partial charge in [-0.25, -0.2) is 4.39 Å². The smallest absolute Gasteiger partial charge is 0.130 e. The van der Waals surface area contributed by atoms with Gasteiger partial charge in [0.1, 0.15) is 5.67 Å². The van der Waals surface area contributed by atoms with Crippen molar-refractivity contribution in [3.63, 3.8) is 0 Å². The Morgan fingerprint density at radius 1 is 1.58 bits per heavy atom. The summed E-state index contributed by atoms with van der Waals surface area (Å²) in [6.07, 6.45) is 2.70. The summed E-state index contributed by atoms with van der Waals surface area (Å²) in [5.41, 5.74) is -0.0607. The summed E-state index contributed by atoms with van der Waals surface area (Å²) < 4.78 is 13.9. The number of hydrogen-bond acceptors (Lipinski definition) is 1. The monoisotopic (exact) mass is 171 g/mol. The molecule has 0 saturated carbocycles. The maximum Gasteiger partial charge on any atom is 0.130 e. The van der Waals surface area contributed by atoms with Gasteiger partial charge in [0.2, 0.25) is 0 Å². The van der Waals surface area contributed by atoms with Gasteiger partial charge in [-0.3, -0.25) is 0 Å². The Morgan fingerprint density at radius 3 is 2.67 bits per heavy atom. The van der Waals surface area contributed by atoms with Crippen molar-refractivity contribution in [1.29, 1.82) is 0 Å². The highest BCUT2D eigenvalue weighted by molar-refractivity contribution is 5.09. The molecule has 2 atom stereocenters. The molecule has 2 heteroatoms. The maximum absolute atomic E-state index is 13.9. The van der Waals surface area contributed by atoms with Crippen LogP contribution >= 0.6 is 0 Å². The Labute approximate surface area is 74.0 Å². The van der Waals surface area contributed by atoms with Gasteiger partial charge < -0.3 is 5.32 Å². The zero-order valence-electron chi connectivity index (χ0n) is 8.15. The Kier molecular flexibility index (Phi) is 2.89. The van der Waals surface area contributed by atoms with Crippen molar-refractivity contribution in [2.24, 2.45) is 5.92 Å². The van der Waals surface area contributed by atoms with Crippen LogP contribution in [0.3, 0.4) is 0 Å². The van der Waals surface area contributed by atoms with Crippen molar-refractivity contribution >= 4 is 0 Å². The third-order valence-electron chi connectivity index (χ3n) is 2.43. The molecule has 0 aromatic rings. The van der Waals surface area contributed by atoms with Crippen molar-refractivity contribution < 1.29 is 4.39 Å². The lowest BCUT2D eigenvalue weighted by Crippen LogP contribution is -2.29. The van der Waals surface area contributed by atoms with Crippen molar-refractivity contribution in [3.8, 4) is 0 Å².